The fourth-order valence-corrected chi connectivity index (χ4v) is 3.34. The minimum Gasteiger partial charge on any atom is -0.481 e. The van der Waals surface area contributed by atoms with Crippen LogP contribution in [0.4, 0.5) is 13.2 Å². The predicted molar refractivity (Wildman–Crippen MR) is 85.1 cm³/mol. The molecule has 6 nitrogen and oxygen atoms in total. The van der Waals surface area contributed by atoms with E-state index in [9.17, 15) is 27.9 Å². The van der Waals surface area contributed by atoms with E-state index in [0.29, 0.717) is 17.0 Å². The number of carboxylic acid groups (broad SMARTS) is 1. The van der Waals surface area contributed by atoms with Gasteiger partial charge >= 0.3 is 12.1 Å². The minimum absolute atomic E-state index is 0.225. The van der Waals surface area contributed by atoms with Crippen LogP contribution in [-0.4, -0.2) is 38.8 Å². The van der Waals surface area contributed by atoms with E-state index in [0.717, 1.165) is 0 Å². The van der Waals surface area contributed by atoms with Gasteiger partial charge in [-0.1, -0.05) is 13.8 Å². The van der Waals surface area contributed by atoms with Gasteiger partial charge in [0.1, 0.15) is 5.01 Å². The highest BCUT2D eigenvalue weighted by Gasteiger charge is 2.58. The van der Waals surface area contributed by atoms with E-state index in [2.05, 4.69) is 10.3 Å². The number of nitrogens with one attached hydrogen (secondary N) is 1. The van der Waals surface area contributed by atoms with Crippen LogP contribution in [0.3, 0.4) is 0 Å². The van der Waals surface area contributed by atoms with Gasteiger partial charge < -0.3 is 15.5 Å². The van der Waals surface area contributed by atoms with Gasteiger partial charge in [-0.05, 0) is 19.8 Å². The van der Waals surface area contributed by atoms with E-state index in [4.69, 9.17) is 5.11 Å². The van der Waals surface area contributed by atoms with Crippen molar-refractivity contribution in [2.75, 3.05) is 0 Å². The first-order valence-electron chi connectivity index (χ1n) is 7.63. The molecule has 1 rings (SSSR count). The highest BCUT2D eigenvalue weighted by Crippen LogP contribution is 2.43. The molecule has 0 aliphatic rings. The molecule has 0 saturated carbocycles. The standard InChI is InChI=1S/C15H21F3N2O4S/c1-4-13(5-2,7-11(22)23)20-10(21)6-14(24,15(16,17)18)12-19-9(3)8-25-12/h8,24H,4-7H2,1-3H3,(H,20,21)(H,22,23). The lowest BCUT2D eigenvalue weighted by atomic mass is 9.88. The van der Waals surface area contributed by atoms with E-state index in [1.807, 2.05) is 0 Å². The van der Waals surface area contributed by atoms with E-state index in [-0.39, 0.29) is 12.8 Å². The summed E-state index contributed by atoms with van der Waals surface area (Å²) in [5.41, 5.74) is -4.30. The highest BCUT2D eigenvalue weighted by molar-refractivity contribution is 7.09. The normalized spacial score (nSPS) is 14.8. The summed E-state index contributed by atoms with van der Waals surface area (Å²) in [6.07, 6.45) is -6.37. The zero-order valence-electron chi connectivity index (χ0n) is 14.1. The Labute approximate surface area is 147 Å². The lowest BCUT2D eigenvalue weighted by Crippen LogP contribution is -2.53. The third-order valence-corrected chi connectivity index (χ3v) is 5.22. The van der Waals surface area contributed by atoms with Crippen molar-refractivity contribution in [3.05, 3.63) is 16.1 Å². The molecule has 0 aliphatic carbocycles. The van der Waals surface area contributed by atoms with Crippen LogP contribution < -0.4 is 5.32 Å². The first-order valence-corrected chi connectivity index (χ1v) is 8.51. The van der Waals surface area contributed by atoms with Gasteiger partial charge in [-0.2, -0.15) is 13.2 Å². The molecule has 1 atom stereocenters. The summed E-state index contributed by atoms with van der Waals surface area (Å²) >= 11 is 0.610. The summed E-state index contributed by atoms with van der Waals surface area (Å²) < 4.78 is 40.2. The predicted octanol–water partition coefficient (Wildman–Crippen LogP) is 2.74. The third kappa shape index (κ3) is 4.91. The van der Waals surface area contributed by atoms with Gasteiger partial charge in [0, 0.05) is 16.6 Å². The Morgan fingerprint density at radius 2 is 1.80 bits per heavy atom. The van der Waals surface area contributed by atoms with Gasteiger partial charge in [0.2, 0.25) is 11.5 Å². The third-order valence-electron chi connectivity index (χ3n) is 4.11. The van der Waals surface area contributed by atoms with Crippen LogP contribution in [0.1, 0.15) is 50.2 Å². The molecule has 1 unspecified atom stereocenters. The largest absolute Gasteiger partial charge is 0.481 e. The Morgan fingerprint density at radius 3 is 2.16 bits per heavy atom. The molecule has 1 aromatic heterocycles. The number of halogens is 3. The van der Waals surface area contributed by atoms with Crippen molar-refractivity contribution in [3.63, 3.8) is 0 Å². The Morgan fingerprint density at radius 1 is 1.24 bits per heavy atom. The summed E-state index contributed by atoms with van der Waals surface area (Å²) in [5, 5.41) is 22.2. The van der Waals surface area contributed by atoms with Crippen molar-refractivity contribution in [2.24, 2.45) is 0 Å². The molecule has 1 aromatic rings. The molecule has 142 valence electrons. The fourth-order valence-electron chi connectivity index (χ4n) is 2.42. The zero-order valence-corrected chi connectivity index (χ0v) is 14.9. The van der Waals surface area contributed by atoms with Crippen molar-refractivity contribution in [1.29, 1.82) is 0 Å². The van der Waals surface area contributed by atoms with Crippen molar-refractivity contribution < 1.29 is 33.0 Å². The molecule has 0 spiro atoms. The van der Waals surface area contributed by atoms with Crippen LogP contribution in [-0.2, 0) is 15.2 Å². The second-order valence-electron chi connectivity index (χ2n) is 5.93. The molecule has 3 N–H and O–H groups in total. The average molecular weight is 382 g/mol. The Kier molecular flexibility index (Phi) is 6.57. The number of aromatic nitrogens is 1. The number of rotatable bonds is 8. The molecule has 1 amide bonds. The molecule has 0 aliphatic heterocycles. The van der Waals surface area contributed by atoms with Crippen molar-refractivity contribution in [1.82, 2.24) is 10.3 Å². The molecular formula is C15H21F3N2O4S. The maximum absolute atomic E-state index is 13.4. The van der Waals surface area contributed by atoms with Crippen LogP contribution in [0.2, 0.25) is 0 Å². The number of thiazole rings is 1. The maximum Gasteiger partial charge on any atom is 0.424 e. The Hall–Kier alpha value is -1.68. The van der Waals surface area contributed by atoms with Gasteiger partial charge in [0.15, 0.2) is 0 Å². The monoisotopic (exact) mass is 382 g/mol. The number of aliphatic hydroxyl groups is 1. The van der Waals surface area contributed by atoms with E-state index in [1.165, 1.54) is 12.3 Å². The number of hydrogen-bond acceptors (Lipinski definition) is 5. The van der Waals surface area contributed by atoms with Crippen molar-refractivity contribution >= 4 is 23.2 Å². The van der Waals surface area contributed by atoms with E-state index in [1.54, 1.807) is 13.8 Å². The smallest absolute Gasteiger partial charge is 0.424 e. The molecular weight excluding hydrogens is 361 g/mol. The van der Waals surface area contributed by atoms with Gasteiger partial charge in [-0.25, -0.2) is 4.98 Å². The molecule has 0 bridgehead atoms. The number of hydrogen-bond donors (Lipinski definition) is 3. The summed E-state index contributed by atoms with van der Waals surface area (Å²) in [6, 6.07) is 0. The Balaban J connectivity index is 3.09. The second kappa shape index (κ2) is 7.69. The average Bonchev–Trinajstić information content (AvgIpc) is 2.91. The summed E-state index contributed by atoms with van der Waals surface area (Å²) in [5.74, 6) is -2.26. The first-order chi connectivity index (χ1) is 11.4. The number of alkyl halides is 3. The van der Waals surface area contributed by atoms with Crippen LogP contribution >= 0.6 is 11.3 Å². The van der Waals surface area contributed by atoms with Gasteiger partial charge in [0.05, 0.1) is 12.8 Å². The van der Waals surface area contributed by atoms with Gasteiger partial charge in [-0.15, -0.1) is 11.3 Å². The van der Waals surface area contributed by atoms with Crippen molar-refractivity contribution in [3.8, 4) is 0 Å². The number of carboxylic acids is 1. The molecule has 0 radical (unpaired) electrons. The van der Waals surface area contributed by atoms with Crippen LogP contribution in [0.5, 0.6) is 0 Å². The zero-order chi connectivity index (χ0) is 19.5. The molecule has 0 fully saturated rings. The minimum atomic E-state index is -5.11. The quantitative estimate of drug-likeness (QED) is 0.642. The van der Waals surface area contributed by atoms with E-state index < -0.39 is 47.0 Å². The molecule has 0 saturated heterocycles. The van der Waals surface area contributed by atoms with Gasteiger partial charge in [0.25, 0.3) is 0 Å². The molecule has 10 heteroatoms. The van der Waals surface area contributed by atoms with Gasteiger partial charge in [-0.3, -0.25) is 9.59 Å². The maximum atomic E-state index is 13.4. The summed E-state index contributed by atoms with van der Waals surface area (Å²) in [6.45, 7) is 4.74. The Bertz CT molecular complexity index is 629. The SMILES string of the molecule is CCC(CC)(CC(=O)O)NC(=O)CC(O)(c1nc(C)cs1)C(F)(F)F. The molecule has 1 heterocycles. The number of aryl methyl sites for hydroxylation is 1. The first kappa shape index (κ1) is 21.4. The fraction of sp³-hybridized carbons (Fsp3) is 0.667. The number of amides is 1. The van der Waals surface area contributed by atoms with Crippen LogP contribution in [0.15, 0.2) is 5.38 Å². The topological polar surface area (TPSA) is 99.5 Å². The summed E-state index contributed by atoms with van der Waals surface area (Å²) in [7, 11) is 0. The second-order valence-corrected chi connectivity index (χ2v) is 6.79. The van der Waals surface area contributed by atoms with Crippen LogP contribution in [0, 0.1) is 6.92 Å². The number of aliphatic carboxylic acids is 1. The highest BCUT2D eigenvalue weighted by atomic mass is 32.1. The molecule has 25 heavy (non-hydrogen) atoms. The number of carbonyl (C=O) groups excluding carboxylic acids is 1. The number of carbonyl (C=O) groups is 2. The number of nitrogens with zero attached hydrogens (tertiary/aromatic N) is 1. The molecule has 0 aromatic carbocycles. The van der Waals surface area contributed by atoms with Crippen LogP contribution in [0.25, 0.3) is 0 Å². The lowest BCUT2D eigenvalue weighted by molar-refractivity contribution is -0.267. The van der Waals surface area contributed by atoms with E-state index >= 15 is 0 Å². The van der Waals surface area contributed by atoms with Crippen molar-refractivity contribution in [2.45, 2.75) is 63.8 Å². The lowest BCUT2D eigenvalue weighted by Gasteiger charge is -2.34. The summed E-state index contributed by atoms with van der Waals surface area (Å²) in [4.78, 5) is 26.9.